The molecule has 0 saturated carbocycles. The summed E-state index contributed by atoms with van der Waals surface area (Å²) in [4.78, 5) is 4.37. The molecule has 2 aromatic heterocycles. The third-order valence-corrected chi connectivity index (χ3v) is 4.95. The molecule has 1 atom stereocenters. The summed E-state index contributed by atoms with van der Waals surface area (Å²) in [6.07, 6.45) is -0.203. The van der Waals surface area contributed by atoms with Gasteiger partial charge in [-0.15, -0.1) is 0 Å². The topological polar surface area (TPSA) is 93.5 Å². The molecule has 0 bridgehead atoms. The molecular formula is C23H24ClN3O4. The molecule has 0 saturated heterocycles. The van der Waals surface area contributed by atoms with Gasteiger partial charge >= 0.3 is 0 Å². The van der Waals surface area contributed by atoms with Crippen LogP contribution in [-0.4, -0.2) is 34.6 Å². The van der Waals surface area contributed by atoms with Crippen molar-refractivity contribution in [2.45, 2.75) is 32.4 Å². The van der Waals surface area contributed by atoms with Crippen molar-refractivity contribution in [1.82, 2.24) is 15.5 Å². The van der Waals surface area contributed by atoms with Crippen LogP contribution < -0.4 is 10.1 Å². The van der Waals surface area contributed by atoms with E-state index in [9.17, 15) is 5.11 Å². The van der Waals surface area contributed by atoms with Gasteiger partial charge in [-0.2, -0.15) is 4.98 Å². The second-order valence-electron chi connectivity index (χ2n) is 7.57. The molecule has 2 heterocycles. The lowest BCUT2D eigenvalue weighted by atomic mass is 10.1. The zero-order chi connectivity index (χ0) is 21.8. The number of furan rings is 1. The second-order valence-corrected chi connectivity index (χ2v) is 8.01. The van der Waals surface area contributed by atoms with Crippen LogP contribution in [0.5, 0.6) is 5.75 Å². The first-order valence-corrected chi connectivity index (χ1v) is 10.5. The van der Waals surface area contributed by atoms with Crippen LogP contribution in [0.4, 0.5) is 0 Å². The Hall–Kier alpha value is -2.87. The summed E-state index contributed by atoms with van der Waals surface area (Å²) >= 11 is 5.97. The lowest BCUT2D eigenvalue weighted by Crippen LogP contribution is -2.34. The van der Waals surface area contributed by atoms with Crippen molar-refractivity contribution < 1.29 is 18.8 Å². The van der Waals surface area contributed by atoms with E-state index in [0.29, 0.717) is 53.4 Å². The maximum Gasteiger partial charge on any atom is 0.238 e. The highest BCUT2D eigenvalue weighted by Gasteiger charge is 2.15. The Bertz CT molecular complexity index is 1150. The molecule has 0 amide bonds. The molecule has 31 heavy (non-hydrogen) atoms. The Morgan fingerprint density at radius 2 is 2.03 bits per heavy atom. The molecular weight excluding hydrogens is 418 g/mol. The Balaban J connectivity index is 1.30. The summed E-state index contributed by atoms with van der Waals surface area (Å²) in [5.41, 5.74) is 1.69. The molecule has 162 valence electrons. The lowest BCUT2D eigenvalue weighted by Gasteiger charge is -2.13. The summed E-state index contributed by atoms with van der Waals surface area (Å²) in [6.45, 7) is 4.89. The van der Waals surface area contributed by atoms with E-state index >= 15 is 0 Å². The summed E-state index contributed by atoms with van der Waals surface area (Å²) < 4.78 is 16.9. The molecule has 7 nitrogen and oxygen atoms in total. The number of hydrogen-bond donors (Lipinski definition) is 2. The Morgan fingerprint density at radius 1 is 1.16 bits per heavy atom. The molecule has 0 radical (unpaired) electrons. The number of fused-ring (bicyclic) bond motifs is 1. The number of hydrogen-bond acceptors (Lipinski definition) is 7. The number of nitrogens with one attached hydrogen (secondary N) is 1. The van der Waals surface area contributed by atoms with E-state index in [-0.39, 0.29) is 5.92 Å². The highest BCUT2D eigenvalue weighted by Crippen LogP contribution is 2.29. The lowest BCUT2D eigenvalue weighted by molar-refractivity contribution is 0.130. The predicted molar refractivity (Wildman–Crippen MR) is 118 cm³/mol. The minimum Gasteiger partial charge on any atom is -0.492 e. The van der Waals surface area contributed by atoms with E-state index in [2.05, 4.69) is 15.5 Å². The van der Waals surface area contributed by atoms with E-state index in [1.54, 1.807) is 0 Å². The predicted octanol–water partition coefficient (Wildman–Crippen LogP) is 4.79. The molecule has 8 heteroatoms. The van der Waals surface area contributed by atoms with E-state index in [4.69, 9.17) is 25.3 Å². The largest absolute Gasteiger partial charge is 0.492 e. The number of aromatic nitrogens is 2. The summed E-state index contributed by atoms with van der Waals surface area (Å²) in [5.74, 6) is 2.42. The number of ether oxygens (including phenoxy) is 1. The Kier molecular flexibility index (Phi) is 6.56. The van der Waals surface area contributed by atoms with Gasteiger partial charge in [-0.05, 0) is 42.0 Å². The molecule has 0 aliphatic carbocycles. The molecule has 0 fully saturated rings. The van der Waals surface area contributed by atoms with Crippen LogP contribution in [-0.2, 0) is 6.42 Å². The second kappa shape index (κ2) is 9.51. The highest BCUT2D eigenvalue weighted by molar-refractivity contribution is 6.30. The van der Waals surface area contributed by atoms with Gasteiger partial charge in [-0.3, -0.25) is 5.32 Å². The van der Waals surface area contributed by atoms with Crippen LogP contribution in [0.25, 0.3) is 22.6 Å². The molecule has 2 N–H and O–H groups in total. The van der Waals surface area contributed by atoms with E-state index < -0.39 is 6.23 Å². The summed E-state index contributed by atoms with van der Waals surface area (Å²) in [6, 6.07) is 14.9. The Labute approximate surface area is 185 Å². The third kappa shape index (κ3) is 5.44. The molecule has 1 unspecified atom stereocenters. The number of aliphatic hydroxyl groups is 1. The van der Waals surface area contributed by atoms with Crippen LogP contribution in [0.2, 0.25) is 5.02 Å². The van der Waals surface area contributed by atoms with Gasteiger partial charge in [-0.25, -0.2) is 0 Å². The van der Waals surface area contributed by atoms with Gasteiger partial charge in [0.1, 0.15) is 24.2 Å². The number of rotatable bonds is 9. The zero-order valence-electron chi connectivity index (χ0n) is 17.3. The molecule has 0 spiro atoms. The normalized spacial score (nSPS) is 12.5. The Morgan fingerprint density at radius 3 is 2.81 bits per heavy atom. The zero-order valence-corrected chi connectivity index (χ0v) is 18.1. The standard InChI is InChI=1S/C23H24ClN3O4/c1-14(2)23-26-22(27-31-23)20-13-16-12-18(6-7-19(16)30-20)29-9-8-25-21(28)11-15-4-3-5-17(24)10-15/h3-7,10,12-14,21,25,28H,8-9,11H2,1-2H3. The number of aliphatic hydroxyl groups excluding tert-OH is 1. The van der Waals surface area contributed by atoms with Crippen molar-refractivity contribution in [3.8, 4) is 17.3 Å². The van der Waals surface area contributed by atoms with Crippen molar-refractivity contribution in [2.24, 2.45) is 0 Å². The van der Waals surface area contributed by atoms with Crippen LogP contribution >= 0.6 is 11.6 Å². The van der Waals surface area contributed by atoms with Gasteiger partial charge in [0.15, 0.2) is 5.76 Å². The van der Waals surface area contributed by atoms with Gasteiger partial charge in [-0.1, -0.05) is 42.7 Å². The van der Waals surface area contributed by atoms with Crippen LogP contribution in [0.15, 0.2) is 57.5 Å². The molecule has 0 aliphatic heterocycles. The van der Waals surface area contributed by atoms with Crippen LogP contribution in [0.1, 0.15) is 31.2 Å². The molecule has 2 aromatic carbocycles. The van der Waals surface area contributed by atoms with Gasteiger partial charge in [0, 0.05) is 29.3 Å². The van der Waals surface area contributed by atoms with Crippen molar-refractivity contribution in [1.29, 1.82) is 0 Å². The fourth-order valence-electron chi connectivity index (χ4n) is 3.15. The monoisotopic (exact) mass is 441 g/mol. The van der Waals surface area contributed by atoms with Crippen molar-refractivity contribution >= 4 is 22.6 Å². The fraction of sp³-hybridized carbons (Fsp3) is 0.304. The number of benzene rings is 2. The van der Waals surface area contributed by atoms with Gasteiger partial charge < -0.3 is 18.8 Å². The van der Waals surface area contributed by atoms with Crippen molar-refractivity contribution in [2.75, 3.05) is 13.2 Å². The van der Waals surface area contributed by atoms with E-state index in [1.807, 2.05) is 62.4 Å². The maximum atomic E-state index is 10.1. The smallest absolute Gasteiger partial charge is 0.238 e. The molecule has 0 aliphatic rings. The molecule has 4 rings (SSSR count). The molecule has 4 aromatic rings. The van der Waals surface area contributed by atoms with Gasteiger partial charge in [0.2, 0.25) is 11.7 Å². The first-order chi connectivity index (χ1) is 15.0. The van der Waals surface area contributed by atoms with Crippen LogP contribution in [0, 0.1) is 0 Å². The first-order valence-electron chi connectivity index (χ1n) is 10.1. The van der Waals surface area contributed by atoms with Crippen LogP contribution in [0.3, 0.4) is 0 Å². The average molecular weight is 442 g/mol. The maximum absolute atomic E-state index is 10.1. The van der Waals surface area contributed by atoms with Crippen molar-refractivity contribution in [3.05, 3.63) is 65.0 Å². The SMILES string of the molecule is CC(C)c1nc(-c2cc3cc(OCCNC(O)Cc4cccc(Cl)c4)ccc3o2)no1. The minimum absolute atomic E-state index is 0.156. The summed E-state index contributed by atoms with van der Waals surface area (Å²) in [5, 5.41) is 18.7. The van der Waals surface area contributed by atoms with E-state index in [1.165, 1.54) is 0 Å². The van der Waals surface area contributed by atoms with Crippen molar-refractivity contribution in [3.63, 3.8) is 0 Å². The summed E-state index contributed by atoms with van der Waals surface area (Å²) in [7, 11) is 0. The quantitative estimate of drug-likeness (QED) is 0.285. The average Bonchev–Trinajstić information content (AvgIpc) is 3.38. The first kappa shape index (κ1) is 21.4. The fourth-order valence-corrected chi connectivity index (χ4v) is 3.36. The number of halogens is 1. The minimum atomic E-state index is -0.674. The highest BCUT2D eigenvalue weighted by atomic mass is 35.5. The van der Waals surface area contributed by atoms with E-state index in [0.717, 1.165) is 10.9 Å². The third-order valence-electron chi connectivity index (χ3n) is 4.71. The van der Waals surface area contributed by atoms with Gasteiger partial charge in [0.05, 0.1) is 0 Å². The number of nitrogens with zero attached hydrogens (tertiary/aromatic N) is 2. The van der Waals surface area contributed by atoms with Gasteiger partial charge in [0.25, 0.3) is 0 Å².